The van der Waals surface area contributed by atoms with E-state index >= 15 is 0 Å². The minimum Gasteiger partial charge on any atom is -0.464 e. The van der Waals surface area contributed by atoms with E-state index in [-0.39, 0.29) is 5.88 Å². The smallest absolute Gasteiger partial charge is 0.332 e. The van der Waals surface area contributed by atoms with Crippen molar-refractivity contribution in [1.29, 1.82) is 0 Å². The highest BCUT2D eigenvalue weighted by molar-refractivity contribution is 9.10. The molecule has 7 heteroatoms. The summed E-state index contributed by atoms with van der Waals surface area (Å²) in [7, 11) is -1.41. The van der Waals surface area contributed by atoms with Crippen molar-refractivity contribution in [2.24, 2.45) is 0 Å². The summed E-state index contributed by atoms with van der Waals surface area (Å²) in [6, 6.07) is 10.5. The first-order valence-corrected chi connectivity index (χ1v) is 8.79. The third kappa shape index (κ3) is 4.56. The monoisotopic (exact) mass is 402 g/mol. The van der Waals surface area contributed by atoms with Crippen molar-refractivity contribution in [2.75, 3.05) is 5.88 Å². The zero-order chi connectivity index (χ0) is 15.9. The SMILES string of the molecule is O=C(/C=C\S(=O)c1ccccc1)O[C@@H](CCl)c1occc1Br. The highest BCUT2D eigenvalue weighted by Crippen LogP contribution is 2.28. The number of rotatable bonds is 6. The predicted octanol–water partition coefficient (Wildman–Crippen LogP) is 4.19. The van der Waals surface area contributed by atoms with Crippen LogP contribution in [0, 0.1) is 0 Å². The second kappa shape index (κ2) is 8.31. The molecule has 4 nitrogen and oxygen atoms in total. The van der Waals surface area contributed by atoms with Gasteiger partial charge in [0.05, 0.1) is 27.4 Å². The fraction of sp³-hybridized carbons (Fsp3) is 0.133. The second-order valence-electron chi connectivity index (χ2n) is 4.13. The normalized spacial score (nSPS) is 13.9. The Labute approximate surface area is 143 Å². The third-order valence-electron chi connectivity index (χ3n) is 2.64. The zero-order valence-corrected chi connectivity index (χ0v) is 14.4. The molecular formula is C15H12BrClO4S. The Morgan fingerprint density at radius 3 is 2.68 bits per heavy atom. The van der Waals surface area contributed by atoms with E-state index in [2.05, 4.69) is 15.9 Å². The Morgan fingerprint density at radius 1 is 1.36 bits per heavy atom. The highest BCUT2D eigenvalue weighted by atomic mass is 79.9. The van der Waals surface area contributed by atoms with E-state index in [4.69, 9.17) is 20.8 Å². The summed E-state index contributed by atoms with van der Waals surface area (Å²) in [5.41, 5.74) is 0. The molecule has 0 radical (unpaired) electrons. The van der Waals surface area contributed by atoms with Gasteiger partial charge in [0.1, 0.15) is 0 Å². The Balaban J connectivity index is 1.99. The first kappa shape index (κ1) is 17.0. The van der Waals surface area contributed by atoms with Crippen LogP contribution in [-0.4, -0.2) is 16.1 Å². The zero-order valence-electron chi connectivity index (χ0n) is 11.3. The van der Waals surface area contributed by atoms with E-state index in [0.29, 0.717) is 15.1 Å². The summed E-state index contributed by atoms with van der Waals surface area (Å²) in [6.07, 6.45) is 1.88. The van der Waals surface area contributed by atoms with Gasteiger partial charge < -0.3 is 9.15 Å². The molecule has 116 valence electrons. The van der Waals surface area contributed by atoms with Gasteiger partial charge in [0.25, 0.3) is 0 Å². The summed E-state index contributed by atoms with van der Waals surface area (Å²) in [4.78, 5) is 12.4. The van der Waals surface area contributed by atoms with Gasteiger partial charge in [-0.25, -0.2) is 9.00 Å². The number of carbonyl (C=O) groups excluding carboxylic acids is 1. The molecule has 22 heavy (non-hydrogen) atoms. The summed E-state index contributed by atoms with van der Waals surface area (Å²) >= 11 is 9.07. The lowest BCUT2D eigenvalue weighted by Gasteiger charge is -2.11. The average molecular weight is 404 g/mol. The largest absolute Gasteiger partial charge is 0.464 e. The van der Waals surface area contributed by atoms with Crippen molar-refractivity contribution in [3.05, 3.63) is 64.4 Å². The van der Waals surface area contributed by atoms with E-state index < -0.39 is 22.9 Å². The number of esters is 1. The lowest BCUT2D eigenvalue weighted by Crippen LogP contribution is -2.10. The molecule has 0 fully saturated rings. The van der Waals surface area contributed by atoms with Gasteiger partial charge in [-0.05, 0) is 34.1 Å². The van der Waals surface area contributed by atoms with Crippen molar-refractivity contribution in [3.8, 4) is 0 Å². The maximum Gasteiger partial charge on any atom is 0.332 e. The van der Waals surface area contributed by atoms with Gasteiger partial charge in [-0.3, -0.25) is 0 Å². The van der Waals surface area contributed by atoms with Crippen molar-refractivity contribution in [3.63, 3.8) is 0 Å². The van der Waals surface area contributed by atoms with E-state index in [1.165, 1.54) is 11.7 Å². The highest BCUT2D eigenvalue weighted by Gasteiger charge is 2.20. The van der Waals surface area contributed by atoms with Crippen LogP contribution in [0.5, 0.6) is 0 Å². The Hall–Kier alpha value is -1.37. The first-order chi connectivity index (χ1) is 10.6. The molecule has 1 unspecified atom stereocenters. The van der Waals surface area contributed by atoms with Crippen LogP contribution in [0.3, 0.4) is 0 Å². The summed E-state index contributed by atoms with van der Waals surface area (Å²) in [6.45, 7) is 0. The maximum absolute atomic E-state index is 12.0. The molecule has 0 bridgehead atoms. The Kier molecular flexibility index (Phi) is 6.42. The molecule has 0 N–H and O–H groups in total. The topological polar surface area (TPSA) is 56.5 Å². The molecule has 2 aromatic rings. The van der Waals surface area contributed by atoms with Gasteiger partial charge in [-0.15, -0.1) is 11.6 Å². The van der Waals surface area contributed by atoms with Gasteiger partial charge in [0.15, 0.2) is 11.9 Å². The second-order valence-corrected chi connectivity index (χ2v) is 6.63. The van der Waals surface area contributed by atoms with E-state index in [1.807, 2.05) is 6.07 Å². The molecule has 0 aliphatic heterocycles. The van der Waals surface area contributed by atoms with E-state index in [9.17, 15) is 9.00 Å². The van der Waals surface area contributed by atoms with Crippen LogP contribution in [0.25, 0.3) is 0 Å². The lowest BCUT2D eigenvalue weighted by atomic mass is 10.3. The molecule has 1 aromatic heterocycles. The number of hydrogen-bond donors (Lipinski definition) is 0. The van der Waals surface area contributed by atoms with Crippen LogP contribution in [0.1, 0.15) is 11.9 Å². The van der Waals surface area contributed by atoms with Crippen LogP contribution in [-0.2, 0) is 20.3 Å². The number of carbonyl (C=O) groups is 1. The van der Waals surface area contributed by atoms with E-state index in [1.54, 1.807) is 30.3 Å². The molecule has 1 heterocycles. The Bertz CT molecular complexity index is 684. The van der Waals surface area contributed by atoms with Crippen LogP contribution in [0.2, 0.25) is 0 Å². The van der Waals surface area contributed by atoms with Crippen LogP contribution in [0.4, 0.5) is 0 Å². The van der Waals surface area contributed by atoms with Crippen molar-refractivity contribution in [2.45, 2.75) is 11.0 Å². The van der Waals surface area contributed by atoms with Gasteiger partial charge in [0.2, 0.25) is 0 Å². The summed E-state index contributed by atoms with van der Waals surface area (Å²) in [5.74, 6) is -0.160. The number of hydrogen-bond acceptors (Lipinski definition) is 4. The number of halogens is 2. The molecule has 1 aromatic carbocycles. The number of ether oxygens (including phenoxy) is 1. The maximum atomic E-state index is 12.0. The molecule has 0 aliphatic rings. The number of alkyl halides is 1. The summed E-state index contributed by atoms with van der Waals surface area (Å²) in [5, 5.41) is 1.28. The van der Waals surface area contributed by atoms with Crippen molar-refractivity contribution < 1.29 is 18.2 Å². The minimum absolute atomic E-state index is 0.0491. The quantitative estimate of drug-likeness (QED) is 0.412. The van der Waals surface area contributed by atoms with Gasteiger partial charge in [-0.1, -0.05) is 18.2 Å². The molecule has 2 rings (SSSR count). The average Bonchev–Trinajstić information content (AvgIpc) is 2.97. The lowest BCUT2D eigenvalue weighted by molar-refractivity contribution is -0.143. The fourth-order valence-corrected chi connectivity index (χ4v) is 3.10. The van der Waals surface area contributed by atoms with Gasteiger partial charge >= 0.3 is 5.97 Å². The molecule has 0 saturated heterocycles. The molecule has 2 atom stereocenters. The molecule has 0 aliphatic carbocycles. The van der Waals surface area contributed by atoms with Gasteiger partial charge in [-0.2, -0.15) is 0 Å². The number of furan rings is 1. The van der Waals surface area contributed by atoms with Crippen LogP contribution in [0.15, 0.2) is 67.9 Å². The predicted molar refractivity (Wildman–Crippen MR) is 88.0 cm³/mol. The fourth-order valence-electron chi connectivity index (χ4n) is 1.62. The number of benzene rings is 1. The molecular weight excluding hydrogens is 392 g/mol. The van der Waals surface area contributed by atoms with Crippen LogP contribution >= 0.6 is 27.5 Å². The minimum atomic E-state index is -1.41. The first-order valence-electron chi connectivity index (χ1n) is 6.25. The molecule has 0 spiro atoms. The van der Waals surface area contributed by atoms with Crippen LogP contribution < -0.4 is 0 Å². The third-order valence-corrected chi connectivity index (χ3v) is 4.69. The van der Waals surface area contributed by atoms with Crippen molar-refractivity contribution in [1.82, 2.24) is 0 Å². The van der Waals surface area contributed by atoms with Gasteiger partial charge in [0, 0.05) is 16.4 Å². The van der Waals surface area contributed by atoms with E-state index in [0.717, 1.165) is 6.08 Å². The van der Waals surface area contributed by atoms with Crippen molar-refractivity contribution >= 4 is 44.3 Å². The molecule has 0 saturated carbocycles. The Morgan fingerprint density at radius 2 is 2.09 bits per heavy atom. The summed E-state index contributed by atoms with van der Waals surface area (Å²) < 4.78 is 23.0. The standard InChI is InChI=1S/C15H12BrClO4S/c16-12-6-8-20-15(12)13(10-17)21-14(18)7-9-22(19)11-4-2-1-3-5-11/h1-9,13H,10H2/b9-7-/t13-,22?/m0/s1. The molecule has 0 amide bonds.